The zero-order chi connectivity index (χ0) is 14.7. The minimum Gasteiger partial charge on any atom is -0.456 e. The molecule has 0 radical (unpaired) electrons. The summed E-state index contributed by atoms with van der Waals surface area (Å²) < 4.78 is 5.65. The van der Waals surface area contributed by atoms with Crippen molar-refractivity contribution in [3.63, 3.8) is 0 Å². The Hall–Kier alpha value is -1.62. The van der Waals surface area contributed by atoms with E-state index in [1.54, 1.807) is 36.4 Å². The second-order valence-corrected chi connectivity index (χ2v) is 5.09. The highest BCUT2D eigenvalue weighted by atomic mass is 35.5. The minimum atomic E-state index is -0.154. The van der Waals surface area contributed by atoms with E-state index in [-0.39, 0.29) is 11.4 Å². The number of halogens is 3. The van der Waals surface area contributed by atoms with Gasteiger partial charge in [-0.3, -0.25) is 0 Å². The number of hydrogen-bond acceptors (Lipinski definition) is 3. The van der Waals surface area contributed by atoms with Gasteiger partial charge in [-0.05, 0) is 30.3 Å². The lowest BCUT2D eigenvalue weighted by atomic mass is 10.2. The van der Waals surface area contributed by atoms with Crippen LogP contribution in [0.25, 0.3) is 0 Å². The first-order chi connectivity index (χ1) is 9.51. The summed E-state index contributed by atoms with van der Waals surface area (Å²) in [5, 5.41) is 12.9. The maximum atomic E-state index is 8.80. The molecule has 0 fully saturated rings. The van der Waals surface area contributed by atoms with Crippen molar-refractivity contribution >= 4 is 40.6 Å². The molecule has 0 saturated carbocycles. The highest BCUT2D eigenvalue weighted by molar-refractivity contribution is 6.35. The second-order valence-electron chi connectivity index (χ2n) is 3.81. The van der Waals surface area contributed by atoms with Crippen LogP contribution in [0.5, 0.6) is 11.5 Å². The highest BCUT2D eigenvalue weighted by Crippen LogP contribution is 2.32. The topological polar surface area (TPSA) is 67.8 Å². The monoisotopic (exact) mass is 330 g/mol. The molecule has 0 aliphatic carbocycles. The van der Waals surface area contributed by atoms with Gasteiger partial charge in [-0.1, -0.05) is 46.0 Å². The SMILES string of the molecule is NC(=NO)c1c(Cl)cccc1Oc1cc(Cl)cc(Cl)c1. The molecule has 2 aromatic carbocycles. The number of nitrogens with zero attached hydrogens (tertiary/aromatic N) is 1. The predicted octanol–water partition coefficient (Wildman–Crippen LogP) is 4.53. The Balaban J connectivity index is 2.46. The fraction of sp³-hybridized carbons (Fsp3) is 0. The van der Waals surface area contributed by atoms with E-state index in [0.29, 0.717) is 26.6 Å². The third-order valence-corrected chi connectivity index (χ3v) is 3.15. The van der Waals surface area contributed by atoms with Gasteiger partial charge in [-0.15, -0.1) is 0 Å². The molecule has 0 heterocycles. The molecule has 2 aromatic rings. The van der Waals surface area contributed by atoms with Gasteiger partial charge in [0, 0.05) is 10.0 Å². The predicted molar refractivity (Wildman–Crippen MR) is 80.5 cm³/mol. The fourth-order valence-corrected chi connectivity index (χ4v) is 2.37. The fourth-order valence-electron chi connectivity index (χ4n) is 1.60. The van der Waals surface area contributed by atoms with Crippen molar-refractivity contribution in [3.05, 3.63) is 57.0 Å². The molecule has 0 unspecified atom stereocenters. The van der Waals surface area contributed by atoms with Crippen molar-refractivity contribution in [2.45, 2.75) is 0 Å². The Morgan fingerprint density at radius 2 is 1.75 bits per heavy atom. The van der Waals surface area contributed by atoms with Crippen molar-refractivity contribution in [2.24, 2.45) is 10.9 Å². The molecule has 104 valence electrons. The zero-order valence-corrected chi connectivity index (χ0v) is 12.2. The van der Waals surface area contributed by atoms with E-state index < -0.39 is 0 Å². The number of hydrogen-bond donors (Lipinski definition) is 2. The second kappa shape index (κ2) is 6.22. The first kappa shape index (κ1) is 14.8. The van der Waals surface area contributed by atoms with Gasteiger partial charge in [-0.2, -0.15) is 0 Å². The van der Waals surface area contributed by atoms with Gasteiger partial charge in [0.05, 0.1) is 10.6 Å². The standard InChI is InChI=1S/C13H9Cl3N2O2/c14-7-4-8(15)6-9(5-7)20-11-3-1-2-10(16)12(11)13(17)18-19/h1-6,19H,(H2,17,18). The Labute approximate surface area is 130 Å². The molecular formula is C13H9Cl3N2O2. The van der Waals surface area contributed by atoms with Crippen LogP contribution in [0.15, 0.2) is 41.6 Å². The van der Waals surface area contributed by atoms with Crippen LogP contribution in [-0.2, 0) is 0 Å². The van der Waals surface area contributed by atoms with Crippen LogP contribution in [0.1, 0.15) is 5.56 Å². The number of benzene rings is 2. The molecule has 2 rings (SSSR count). The molecule has 7 heteroatoms. The highest BCUT2D eigenvalue weighted by Gasteiger charge is 2.14. The molecule has 0 bridgehead atoms. The average Bonchev–Trinajstić information content (AvgIpc) is 2.37. The lowest BCUT2D eigenvalue weighted by molar-refractivity contribution is 0.318. The van der Waals surface area contributed by atoms with Crippen molar-refractivity contribution in [1.29, 1.82) is 0 Å². The molecule has 0 aromatic heterocycles. The summed E-state index contributed by atoms with van der Waals surface area (Å²) >= 11 is 17.8. The first-order valence-electron chi connectivity index (χ1n) is 5.41. The summed E-state index contributed by atoms with van der Waals surface area (Å²) in [5.41, 5.74) is 5.88. The van der Waals surface area contributed by atoms with E-state index in [0.717, 1.165) is 0 Å². The van der Waals surface area contributed by atoms with Crippen LogP contribution in [-0.4, -0.2) is 11.0 Å². The minimum absolute atomic E-state index is 0.154. The van der Waals surface area contributed by atoms with Gasteiger partial charge in [0.2, 0.25) is 0 Å². The van der Waals surface area contributed by atoms with E-state index in [4.69, 9.17) is 50.5 Å². The Kier molecular flexibility index (Phi) is 4.60. The zero-order valence-electron chi connectivity index (χ0n) is 9.98. The number of amidine groups is 1. The average molecular weight is 332 g/mol. The van der Waals surface area contributed by atoms with E-state index in [1.807, 2.05) is 0 Å². The lowest BCUT2D eigenvalue weighted by Crippen LogP contribution is -2.14. The van der Waals surface area contributed by atoms with E-state index in [2.05, 4.69) is 5.16 Å². The van der Waals surface area contributed by atoms with Crippen molar-refractivity contribution < 1.29 is 9.94 Å². The molecule has 3 N–H and O–H groups in total. The first-order valence-corrected chi connectivity index (χ1v) is 6.55. The molecule has 4 nitrogen and oxygen atoms in total. The summed E-state index contributed by atoms with van der Waals surface area (Å²) in [6.45, 7) is 0. The normalized spacial score (nSPS) is 11.4. The third-order valence-electron chi connectivity index (χ3n) is 2.40. The number of ether oxygens (including phenoxy) is 1. The van der Waals surface area contributed by atoms with E-state index in [1.165, 1.54) is 0 Å². The van der Waals surface area contributed by atoms with E-state index in [9.17, 15) is 0 Å². The van der Waals surface area contributed by atoms with Gasteiger partial charge in [0.1, 0.15) is 11.5 Å². The molecule has 0 aliphatic heterocycles. The van der Waals surface area contributed by atoms with Crippen LogP contribution < -0.4 is 10.5 Å². The number of nitrogens with two attached hydrogens (primary N) is 1. The van der Waals surface area contributed by atoms with Gasteiger partial charge in [0.15, 0.2) is 5.84 Å². The summed E-state index contributed by atoms with van der Waals surface area (Å²) in [6.07, 6.45) is 0. The quantitative estimate of drug-likeness (QED) is 0.376. The van der Waals surface area contributed by atoms with E-state index >= 15 is 0 Å². The molecule has 0 amide bonds. The molecule has 20 heavy (non-hydrogen) atoms. The van der Waals surface area contributed by atoms with Crippen molar-refractivity contribution in [3.8, 4) is 11.5 Å². The van der Waals surface area contributed by atoms with Crippen LogP contribution in [0.4, 0.5) is 0 Å². The van der Waals surface area contributed by atoms with Gasteiger partial charge in [-0.25, -0.2) is 0 Å². The number of rotatable bonds is 3. The Bertz CT molecular complexity index is 654. The smallest absolute Gasteiger partial charge is 0.175 e. The molecular weight excluding hydrogens is 323 g/mol. The maximum absolute atomic E-state index is 8.80. The van der Waals surface area contributed by atoms with Gasteiger partial charge in [0.25, 0.3) is 0 Å². The van der Waals surface area contributed by atoms with Crippen LogP contribution in [0.2, 0.25) is 15.1 Å². The Morgan fingerprint density at radius 3 is 2.35 bits per heavy atom. The Morgan fingerprint density at radius 1 is 1.10 bits per heavy atom. The van der Waals surface area contributed by atoms with Gasteiger partial charge >= 0.3 is 0 Å². The molecule has 0 spiro atoms. The lowest BCUT2D eigenvalue weighted by Gasteiger charge is -2.12. The summed E-state index contributed by atoms with van der Waals surface area (Å²) in [4.78, 5) is 0. The van der Waals surface area contributed by atoms with Crippen LogP contribution >= 0.6 is 34.8 Å². The van der Waals surface area contributed by atoms with Crippen molar-refractivity contribution in [1.82, 2.24) is 0 Å². The summed E-state index contributed by atoms with van der Waals surface area (Å²) in [5.74, 6) is 0.585. The third kappa shape index (κ3) is 3.28. The largest absolute Gasteiger partial charge is 0.456 e. The maximum Gasteiger partial charge on any atom is 0.175 e. The molecule has 0 saturated heterocycles. The number of oxime groups is 1. The van der Waals surface area contributed by atoms with Crippen molar-refractivity contribution in [2.75, 3.05) is 0 Å². The summed E-state index contributed by atoms with van der Waals surface area (Å²) in [6, 6.07) is 9.67. The molecule has 0 aliphatic rings. The van der Waals surface area contributed by atoms with Gasteiger partial charge < -0.3 is 15.7 Å². The summed E-state index contributed by atoms with van der Waals surface area (Å²) in [7, 11) is 0. The van der Waals surface area contributed by atoms with Crippen LogP contribution in [0, 0.1) is 0 Å². The van der Waals surface area contributed by atoms with Crippen LogP contribution in [0.3, 0.4) is 0 Å². The molecule has 0 atom stereocenters.